The van der Waals surface area contributed by atoms with Crippen LogP contribution in [-0.4, -0.2) is 103 Å². The summed E-state index contributed by atoms with van der Waals surface area (Å²) in [5, 5.41) is 4.12. The Labute approximate surface area is 265 Å². The molecule has 1 aromatic rings. The molecular formula is C34H47N5O4S. The molecule has 238 valence electrons. The van der Waals surface area contributed by atoms with Crippen LogP contribution in [0.2, 0.25) is 0 Å². The number of aromatic nitrogens is 2. The van der Waals surface area contributed by atoms with Crippen molar-refractivity contribution in [3.05, 3.63) is 42.0 Å². The molecule has 0 amide bonds. The number of carbonyl (C=O) groups is 2. The number of carbonyl (C=O) groups excluding carboxylic acids is 2. The molecule has 2 unspecified atom stereocenters. The highest BCUT2D eigenvalue weighted by Crippen LogP contribution is 2.57. The van der Waals surface area contributed by atoms with Gasteiger partial charge in [0, 0.05) is 73.1 Å². The Morgan fingerprint density at radius 1 is 0.909 bits per heavy atom. The molecule has 9 nitrogen and oxygen atoms in total. The fourth-order valence-corrected chi connectivity index (χ4v) is 11.5. The third-order valence-electron chi connectivity index (χ3n) is 11.9. The van der Waals surface area contributed by atoms with Gasteiger partial charge in [0.15, 0.2) is 11.2 Å². The normalized spacial score (nSPS) is 40.2. The molecule has 4 saturated heterocycles. The Balaban J connectivity index is 0.000000132. The highest BCUT2D eigenvalue weighted by Gasteiger charge is 2.65. The van der Waals surface area contributed by atoms with Crippen LogP contribution in [-0.2, 0) is 19.1 Å². The zero-order chi connectivity index (χ0) is 30.1. The van der Waals surface area contributed by atoms with Gasteiger partial charge in [-0.05, 0) is 62.8 Å². The van der Waals surface area contributed by atoms with Gasteiger partial charge in [-0.2, -0.15) is 11.8 Å². The van der Waals surface area contributed by atoms with Crippen molar-refractivity contribution in [1.82, 2.24) is 24.7 Å². The first kappa shape index (κ1) is 29.3. The molecule has 4 bridgehead atoms. The molecule has 0 radical (unpaired) electrons. The summed E-state index contributed by atoms with van der Waals surface area (Å²) < 4.78 is 14.0. The van der Waals surface area contributed by atoms with Crippen LogP contribution >= 0.6 is 11.8 Å². The number of nitrogens with one attached hydrogen (secondary N) is 1. The van der Waals surface area contributed by atoms with Gasteiger partial charge < -0.3 is 19.4 Å². The van der Waals surface area contributed by atoms with Crippen molar-refractivity contribution in [2.75, 3.05) is 25.4 Å². The molecule has 8 atom stereocenters. The molecule has 7 heterocycles. The molecular weight excluding hydrogens is 574 g/mol. The van der Waals surface area contributed by atoms with Gasteiger partial charge in [0.1, 0.15) is 0 Å². The van der Waals surface area contributed by atoms with Gasteiger partial charge in [-0.25, -0.2) is 14.6 Å². The maximum Gasteiger partial charge on any atom is 0.331 e. The Morgan fingerprint density at radius 2 is 1.55 bits per heavy atom. The van der Waals surface area contributed by atoms with Crippen molar-refractivity contribution in [1.29, 1.82) is 0 Å². The average molecular weight is 622 g/mol. The number of nitrogens with zero attached hydrogens (tertiary/aromatic N) is 4. The molecule has 10 heteroatoms. The van der Waals surface area contributed by atoms with Crippen molar-refractivity contribution < 1.29 is 19.1 Å². The van der Waals surface area contributed by atoms with Crippen molar-refractivity contribution in [3.8, 4) is 0 Å². The summed E-state index contributed by atoms with van der Waals surface area (Å²) in [6.07, 6.45) is 20.7. The van der Waals surface area contributed by atoms with E-state index < -0.39 is 0 Å². The van der Waals surface area contributed by atoms with Crippen LogP contribution in [0, 0.1) is 0 Å². The number of imidazole rings is 1. The van der Waals surface area contributed by atoms with Gasteiger partial charge in [-0.1, -0.05) is 26.7 Å². The van der Waals surface area contributed by atoms with Crippen LogP contribution in [0.25, 0.3) is 0 Å². The standard InChI is InChI=1S/C18H28N2O2S.C16H19N3O2/c1-12(2)19-6-8-23-15-9-13-10-17(21)22-18(13)11-14(15)20-7-4-3-5-16(18)20;20-15-8-11-7-12(18-6-4-17-10-18)13-9-16(11,21-15)14-3-1-2-5-19(13)14/h10,12,14-16,19H,3-9,11H2,1-2H3;4,6,8,10,12-14H,1-3,5,7,9H2/t14-,15?,16+,18-;12?,13-,14+,16-/m00/s1. The lowest BCUT2D eigenvalue weighted by atomic mass is 9.75. The molecule has 1 aromatic heterocycles. The van der Waals surface area contributed by atoms with Crippen LogP contribution in [0.4, 0.5) is 0 Å². The van der Waals surface area contributed by atoms with E-state index in [-0.39, 0.29) is 23.1 Å². The minimum atomic E-state index is -0.306. The number of hydrogen-bond donors (Lipinski definition) is 1. The van der Waals surface area contributed by atoms with Gasteiger partial charge in [0.05, 0.1) is 24.5 Å². The fourth-order valence-electron chi connectivity index (χ4n) is 10.2. The SMILES string of the molecule is CC(C)NCCSC1CC2=CC(=O)O[C@@]23C[C@@H]1N1CCCC[C@@H]13.O=C1C=C2CC(n3ccnc3)[C@@H]3C[C@@]2(O1)[C@H]1CCCCN31. The van der Waals surface area contributed by atoms with E-state index >= 15 is 0 Å². The largest absolute Gasteiger partial charge is 0.450 e. The molecule has 44 heavy (non-hydrogen) atoms. The molecule has 2 aliphatic carbocycles. The van der Waals surface area contributed by atoms with E-state index in [1.54, 1.807) is 6.08 Å². The topological polar surface area (TPSA) is 88.9 Å². The van der Waals surface area contributed by atoms with Gasteiger partial charge in [0.2, 0.25) is 0 Å². The second-order valence-corrected chi connectivity index (χ2v) is 15.9. The molecule has 9 rings (SSSR count). The lowest BCUT2D eigenvalue weighted by Gasteiger charge is -2.38. The predicted molar refractivity (Wildman–Crippen MR) is 169 cm³/mol. The van der Waals surface area contributed by atoms with Crippen molar-refractivity contribution in [2.24, 2.45) is 0 Å². The van der Waals surface area contributed by atoms with E-state index in [4.69, 9.17) is 9.47 Å². The summed E-state index contributed by atoms with van der Waals surface area (Å²) in [6.45, 7) is 7.77. The van der Waals surface area contributed by atoms with E-state index in [1.165, 1.54) is 49.8 Å². The third kappa shape index (κ3) is 4.64. The number of rotatable bonds is 6. The highest BCUT2D eigenvalue weighted by atomic mass is 32.2. The second-order valence-electron chi connectivity index (χ2n) is 14.5. The fraction of sp³-hybridized carbons (Fsp3) is 0.735. The van der Waals surface area contributed by atoms with Crippen LogP contribution < -0.4 is 5.32 Å². The Kier molecular flexibility index (Phi) is 7.51. The molecule has 0 aromatic carbocycles. The Hall–Kier alpha value is -2.14. The van der Waals surface area contributed by atoms with Gasteiger partial charge in [0.25, 0.3) is 0 Å². The quantitative estimate of drug-likeness (QED) is 0.374. The zero-order valence-corrected chi connectivity index (χ0v) is 27.0. The highest BCUT2D eigenvalue weighted by molar-refractivity contribution is 8.00. The van der Waals surface area contributed by atoms with Crippen molar-refractivity contribution in [3.63, 3.8) is 0 Å². The number of piperidine rings is 2. The number of esters is 2. The van der Waals surface area contributed by atoms with E-state index in [2.05, 4.69) is 50.3 Å². The van der Waals surface area contributed by atoms with Gasteiger partial charge in [-0.15, -0.1) is 0 Å². The summed E-state index contributed by atoms with van der Waals surface area (Å²) in [4.78, 5) is 33.4. The summed E-state index contributed by atoms with van der Waals surface area (Å²) in [5.41, 5.74) is 1.95. The molecule has 6 aliphatic heterocycles. The molecule has 2 saturated carbocycles. The number of thioether (sulfide) groups is 1. The van der Waals surface area contributed by atoms with Crippen molar-refractivity contribution >= 4 is 23.7 Å². The zero-order valence-electron chi connectivity index (χ0n) is 26.2. The van der Waals surface area contributed by atoms with Crippen molar-refractivity contribution in [2.45, 2.75) is 131 Å². The average Bonchev–Trinajstić information content (AvgIpc) is 3.82. The summed E-state index contributed by atoms with van der Waals surface area (Å²) in [7, 11) is 0. The van der Waals surface area contributed by atoms with Crippen LogP contribution in [0.1, 0.15) is 84.1 Å². The first-order valence-corrected chi connectivity index (χ1v) is 18.1. The van der Waals surface area contributed by atoms with E-state index in [0.717, 1.165) is 50.9 Å². The molecule has 8 aliphatic rings. The van der Waals surface area contributed by atoms with Gasteiger partial charge >= 0.3 is 11.9 Å². The first-order chi connectivity index (χ1) is 21.4. The summed E-state index contributed by atoms with van der Waals surface area (Å²) in [5.74, 6) is 0.910. The molecule has 2 spiro atoms. The smallest absolute Gasteiger partial charge is 0.331 e. The van der Waals surface area contributed by atoms with E-state index in [0.29, 0.717) is 41.5 Å². The molecule has 6 fully saturated rings. The first-order valence-electron chi connectivity index (χ1n) is 17.1. The number of hydrogen-bond acceptors (Lipinski definition) is 9. The second kappa shape index (κ2) is 11.3. The Morgan fingerprint density at radius 3 is 2.18 bits per heavy atom. The minimum absolute atomic E-state index is 0.0988. The minimum Gasteiger partial charge on any atom is -0.450 e. The van der Waals surface area contributed by atoms with Crippen LogP contribution in [0.5, 0.6) is 0 Å². The van der Waals surface area contributed by atoms with Gasteiger partial charge in [-0.3, -0.25) is 9.80 Å². The van der Waals surface area contributed by atoms with E-state index in [9.17, 15) is 9.59 Å². The van der Waals surface area contributed by atoms with Crippen LogP contribution in [0.15, 0.2) is 42.0 Å². The van der Waals surface area contributed by atoms with Crippen LogP contribution in [0.3, 0.4) is 0 Å². The number of ether oxygens (including phenoxy) is 2. The lowest BCUT2D eigenvalue weighted by Crippen LogP contribution is -2.48. The Bertz CT molecular complexity index is 1350. The third-order valence-corrected chi connectivity index (χ3v) is 13.2. The predicted octanol–water partition coefficient (Wildman–Crippen LogP) is 4.02. The monoisotopic (exact) mass is 621 g/mol. The molecule has 1 N–H and O–H groups in total. The maximum atomic E-state index is 12.0. The lowest BCUT2D eigenvalue weighted by molar-refractivity contribution is -0.149. The summed E-state index contributed by atoms with van der Waals surface area (Å²) >= 11 is 2.09. The maximum absolute atomic E-state index is 12.0. The van der Waals surface area contributed by atoms with E-state index in [1.807, 2.05) is 24.8 Å². The number of fused-ring (bicyclic) bond motifs is 6. The summed E-state index contributed by atoms with van der Waals surface area (Å²) in [6, 6.07) is 2.82.